The van der Waals surface area contributed by atoms with Gasteiger partial charge in [0.25, 0.3) is 5.56 Å². The number of aryl methyl sites for hydroxylation is 1. The standard InChI is InChI=1S/C19H21ClN6O5/c1-23-17-15(18(28)24(2)19(23)29)26(11-22-17)9-14(27)25-6-7-30-12(8-25)10-31-13-4-3-5-21-16(13)20/h3-5,11-12H,6-10H2,1-2H3. The van der Waals surface area contributed by atoms with Crippen molar-refractivity contribution in [3.05, 3.63) is 50.6 Å². The van der Waals surface area contributed by atoms with Crippen molar-refractivity contribution in [2.75, 3.05) is 26.3 Å². The van der Waals surface area contributed by atoms with Crippen LogP contribution in [0, 0.1) is 0 Å². The van der Waals surface area contributed by atoms with Crippen molar-refractivity contribution in [1.82, 2.24) is 28.6 Å². The third kappa shape index (κ3) is 4.06. The lowest BCUT2D eigenvalue weighted by molar-refractivity contribution is -0.140. The van der Waals surface area contributed by atoms with Gasteiger partial charge in [-0.25, -0.2) is 14.8 Å². The first kappa shape index (κ1) is 21.1. The Kier molecular flexibility index (Phi) is 5.79. The zero-order valence-electron chi connectivity index (χ0n) is 17.0. The summed E-state index contributed by atoms with van der Waals surface area (Å²) in [4.78, 5) is 47.3. The number of amides is 1. The summed E-state index contributed by atoms with van der Waals surface area (Å²) in [5.74, 6) is 0.255. The average molecular weight is 449 g/mol. The van der Waals surface area contributed by atoms with E-state index in [1.807, 2.05) is 0 Å². The Labute approximate surface area is 181 Å². The second-order valence-corrected chi connectivity index (χ2v) is 7.54. The summed E-state index contributed by atoms with van der Waals surface area (Å²) in [6.07, 6.45) is 2.63. The van der Waals surface area contributed by atoms with Crippen LogP contribution in [0.25, 0.3) is 11.2 Å². The number of imidazole rings is 1. The van der Waals surface area contributed by atoms with E-state index in [1.54, 1.807) is 23.2 Å². The summed E-state index contributed by atoms with van der Waals surface area (Å²) in [6, 6.07) is 3.42. The molecule has 1 aliphatic rings. The monoisotopic (exact) mass is 448 g/mol. The zero-order chi connectivity index (χ0) is 22.1. The zero-order valence-corrected chi connectivity index (χ0v) is 17.8. The molecule has 1 amide bonds. The Bertz CT molecular complexity index is 1250. The minimum atomic E-state index is -0.495. The van der Waals surface area contributed by atoms with Crippen LogP contribution in [0.5, 0.6) is 5.75 Å². The van der Waals surface area contributed by atoms with E-state index in [2.05, 4.69) is 9.97 Å². The van der Waals surface area contributed by atoms with E-state index in [0.717, 1.165) is 4.57 Å². The number of carbonyl (C=O) groups excluding carboxylic acids is 1. The van der Waals surface area contributed by atoms with E-state index in [4.69, 9.17) is 21.1 Å². The number of carbonyl (C=O) groups is 1. The Hall–Kier alpha value is -3.18. The summed E-state index contributed by atoms with van der Waals surface area (Å²) in [5.41, 5.74) is -0.524. The molecule has 0 bridgehead atoms. The number of hydrogen-bond acceptors (Lipinski definition) is 7. The fraction of sp³-hybridized carbons (Fsp3) is 0.421. The van der Waals surface area contributed by atoms with Gasteiger partial charge in [-0.2, -0.15) is 0 Å². The fourth-order valence-corrected chi connectivity index (χ4v) is 3.64. The second-order valence-electron chi connectivity index (χ2n) is 7.19. The summed E-state index contributed by atoms with van der Waals surface area (Å²) in [6.45, 7) is 1.26. The molecule has 3 aromatic rings. The van der Waals surface area contributed by atoms with Crippen LogP contribution in [0.1, 0.15) is 0 Å². The Balaban J connectivity index is 1.46. The van der Waals surface area contributed by atoms with Crippen LogP contribution in [-0.4, -0.2) is 66.9 Å². The highest BCUT2D eigenvalue weighted by Crippen LogP contribution is 2.21. The molecule has 0 aromatic carbocycles. The van der Waals surface area contributed by atoms with Gasteiger partial charge in [-0.15, -0.1) is 0 Å². The number of ether oxygens (including phenoxy) is 2. The first-order valence-corrected chi connectivity index (χ1v) is 9.98. The third-order valence-corrected chi connectivity index (χ3v) is 5.45. The van der Waals surface area contributed by atoms with E-state index >= 15 is 0 Å². The largest absolute Gasteiger partial charge is 0.488 e. The molecule has 0 aliphatic carbocycles. The molecule has 0 spiro atoms. The lowest BCUT2D eigenvalue weighted by Crippen LogP contribution is -2.48. The van der Waals surface area contributed by atoms with Gasteiger partial charge in [0, 0.05) is 26.8 Å². The van der Waals surface area contributed by atoms with Gasteiger partial charge >= 0.3 is 5.69 Å². The van der Waals surface area contributed by atoms with E-state index < -0.39 is 11.2 Å². The molecule has 1 atom stereocenters. The molecule has 1 saturated heterocycles. The quantitative estimate of drug-likeness (QED) is 0.496. The SMILES string of the molecule is Cn1c(=O)c2c(ncn2CC(=O)N2CCOC(COc3cccnc3Cl)C2)n(C)c1=O. The molecule has 0 saturated carbocycles. The summed E-state index contributed by atoms with van der Waals surface area (Å²) >= 11 is 5.99. The maximum absolute atomic E-state index is 12.9. The minimum Gasteiger partial charge on any atom is -0.488 e. The lowest BCUT2D eigenvalue weighted by atomic mass is 10.2. The minimum absolute atomic E-state index is 0.0774. The molecule has 31 heavy (non-hydrogen) atoms. The smallest absolute Gasteiger partial charge is 0.332 e. The van der Waals surface area contributed by atoms with E-state index in [0.29, 0.717) is 25.4 Å². The van der Waals surface area contributed by atoms with Crippen LogP contribution in [0.2, 0.25) is 5.15 Å². The van der Waals surface area contributed by atoms with Gasteiger partial charge in [0.05, 0.1) is 19.5 Å². The molecule has 0 N–H and O–H groups in total. The number of rotatable bonds is 5. The molecule has 4 heterocycles. The topological polar surface area (TPSA) is 113 Å². The predicted octanol–water partition coefficient (Wildman–Crippen LogP) is -0.211. The molecular formula is C19H21ClN6O5. The Morgan fingerprint density at radius 1 is 1.29 bits per heavy atom. The van der Waals surface area contributed by atoms with Crippen LogP contribution in [0.15, 0.2) is 34.2 Å². The van der Waals surface area contributed by atoms with E-state index in [9.17, 15) is 14.4 Å². The maximum Gasteiger partial charge on any atom is 0.332 e. The molecule has 12 heteroatoms. The third-order valence-electron chi connectivity index (χ3n) is 5.16. The predicted molar refractivity (Wildman–Crippen MR) is 111 cm³/mol. The van der Waals surface area contributed by atoms with Crippen LogP contribution in [0.4, 0.5) is 0 Å². The molecule has 1 aliphatic heterocycles. The summed E-state index contributed by atoms with van der Waals surface area (Å²) in [5, 5.41) is 0.259. The van der Waals surface area contributed by atoms with Gasteiger partial charge in [0.2, 0.25) is 5.91 Å². The molecule has 1 fully saturated rings. The second kappa shape index (κ2) is 8.52. The molecule has 1 unspecified atom stereocenters. The number of morpholine rings is 1. The highest BCUT2D eigenvalue weighted by molar-refractivity contribution is 6.30. The summed E-state index contributed by atoms with van der Waals surface area (Å²) in [7, 11) is 2.93. The number of aromatic nitrogens is 5. The van der Waals surface area contributed by atoms with Crippen molar-refractivity contribution in [3.8, 4) is 5.75 Å². The number of pyridine rings is 1. The first-order chi connectivity index (χ1) is 14.9. The van der Waals surface area contributed by atoms with Gasteiger partial charge in [-0.1, -0.05) is 11.6 Å². The molecule has 11 nitrogen and oxygen atoms in total. The lowest BCUT2D eigenvalue weighted by Gasteiger charge is -2.33. The van der Waals surface area contributed by atoms with Crippen molar-refractivity contribution in [3.63, 3.8) is 0 Å². The number of hydrogen-bond donors (Lipinski definition) is 0. The van der Waals surface area contributed by atoms with Crippen molar-refractivity contribution in [2.45, 2.75) is 12.6 Å². The number of halogens is 1. The Morgan fingerprint density at radius 2 is 2.10 bits per heavy atom. The van der Waals surface area contributed by atoms with Gasteiger partial charge in [0.15, 0.2) is 22.1 Å². The van der Waals surface area contributed by atoms with E-state index in [1.165, 1.54) is 29.6 Å². The van der Waals surface area contributed by atoms with Crippen LogP contribution in [-0.2, 0) is 30.2 Å². The number of fused-ring (bicyclic) bond motifs is 1. The molecule has 3 aromatic heterocycles. The van der Waals surface area contributed by atoms with Crippen molar-refractivity contribution in [1.29, 1.82) is 0 Å². The average Bonchev–Trinajstić information content (AvgIpc) is 3.19. The fourth-order valence-electron chi connectivity index (χ4n) is 3.47. The Morgan fingerprint density at radius 3 is 2.87 bits per heavy atom. The highest BCUT2D eigenvalue weighted by atomic mass is 35.5. The molecule has 164 valence electrons. The summed E-state index contributed by atoms with van der Waals surface area (Å²) < 4.78 is 15.1. The van der Waals surface area contributed by atoms with Crippen LogP contribution >= 0.6 is 11.6 Å². The van der Waals surface area contributed by atoms with Crippen LogP contribution in [0.3, 0.4) is 0 Å². The van der Waals surface area contributed by atoms with Gasteiger partial charge in [0.1, 0.15) is 19.3 Å². The van der Waals surface area contributed by atoms with E-state index in [-0.39, 0.29) is 41.5 Å². The normalized spacial score (nSPS) is 16.6. The highest BCUT2D eigenvalue weighted by Gasteiger charge is 2.26. The number of nitrogens with zero attached hydrogens (tertiary/aromatic N) is 6. The van der Waals surface area contributed by atoms with Crippen molar-refractivity contribution in [2.24, 2.45) is 14.1 Å². The van der Waals surface area contributed by atoms with Crippen molar-refractivity contribution < 1.29 is 14.3 Å². The van der Waals surface area contributed by atoms with Crippen molar-refractivity contribution >= 4 is 28.7 Å². The molecule has 4 rings (SSSR count). The molecule has 0 radical (unpaired) electrons. The maximum atomic E-state index is 12.9. The van der Waals surface area contributed by atoms with Gasteiger partial charge in [-0.05, 0) is 12.1 Å². The van der Waals surface area contributed by atoms with Crippen LogP contribution < -0.4 is 16.0 Å². The van der Waals surface area contributed by atoms with Gasteiger partial charge in [-0.3, -0.25) is 18.7 Å². The molecular weight excluding hydrogens is 428 g/mol. The first-order valence-electron chi connectivity index (χ1n) is 9.60. The van der Waals surface area contributed by atoms with Gasteiger partial charge < -0.3 is 18.9 Å².